The third-order valence-corrected chi connectivity index (χ3v) is 5.55. The van der Waals surface area contributed by atoms with Crippen molar-refractivity contribution in [3.8, 4) is 0 Å². The lowest BCUT2D eigenvalue weighted by Gasteiger charge is -2.15. The highest BCUT2D eigenvalue weighted by atomic mass is 32.2. The highest BCUT2D eigenvalue weighted by Crippen LogP contribution is 2.18. The molecule has 2 rings (SSSR count). The Balaban J connectivity index is 1.88. The molecule has 1 aromatic heterocycles. The molecule has 0 aliphatic heterocycles. The molecular weight excluding hydrogens is 312 g/mol. The van der Waals surface area contributed by atoms with E-state index < -0.39 is 15.3 Å². The van der Waals surface area contributed by atoms with Crippen molar-refractivity contribution >= 4 is 15.7 Å². The lowest BCUT2D eigenvalue weighted by atomic mass is 10.0. The van der Waals surface area contributed by atoms with E-state index in [1.807, 2.05) is 43.3 Å². The molecule has 0 saturated heterocycles. The smallest absolute Gasteiger partial charge is 0.213 e. The van der Waals surface area contributed by atoms with Gasteiger partial charge in [0.05, 0.1) is 18.1 Å². The average molecular weight is 336 g/mol. The van der Waals surface area contributed by atoms with Gasteiger partial charge in [-0.3, -0.25) is 0 Å². The zero-order valence-corrected chi connectivity index (χ0v) is 14.6. The Bertz CT molecular complexity index is 692. The minimum Gasteiger partial charge on any atom is -0.467 e. The van der Waals surface area contributed by atoms with Gasteiger partial charge in [0.1, 0.15) is 5.76 Å². The number of furan rings is 1. The van der Waals surface area contributed by atoms with Crippen LogP contribution in [-0.2, 0) is 16.6 Å². The standard InChI is InChI=1S/C17H24N2O3S/c1-13(2)23(20,21)19-11-14(3)15-6-8-16(9-7-15)18-12-17-5-4-10-22-17/h4-10,13-14,18-19H,11-12H2,1-3H3. The first-order chi connectivity index (χ1) is 10.9. The Labute approximate surface area is 138 Å². The molecule has 0 spiro atoms. The van der Waals surface area contributed by atoms with E-state index in [1.54, 1.807) is 20.1 Å². The normalized spacial score (nSPS) is 13.2. The summed E-state index contributed by atoms with van der Waals surface area (Å²) in [5, 5.41) is 2.87. The van der Waals surface area contributed by atoms with Crippen molar-refractivity contribution in [3.05, 3.63) is 54.0 Å². The number of hydrogen-bond donors (Lipinski definition) is 2. The predicted octanol–water partition coefficient (Wildman–Crippen LogP) is 3.32. The second kappa shape index (κ2) is 7.66. The van der Waals surface area contributed by atoms with Crippen molar-refractivity contribution in [2.45, 2.75) is 38.5 Å². The van der Waals surface area contributed by atoms with E-state index in [9.17, 15) is 8.42 Å². The molecule has 0 radical (unpaired) electrons. The summed E-state index contributed by atoms with van der Waals surface area (Å²) in [7, 11) is -3.22. The van der Waals surface area contributed by atoms with Crippen LogP contribution < -0.4 is 10.0 Å². The lowest BCUT2D eigenvalue weighted by Crippen LogP contribution is -2.33. The van der Waals surface area contributed by atoms with Crippen LogP contribution in [0.4, 0.5) is 5.69 Å². The lowest BCUT2D eigenvalue weighted by molar-refractivity contribution is 0.518. The summed E-state index contributed by atoms with van der Waals surface area (Å²) in [5.74, 6) is 0.994. The minimum atomic E-state index is -3.22. The highest BCUT2D eigenvalue weighted by molar-refractivity contribution is 7.90. The molecular formula is C17H24N2O3S. The first-order valence-corrected chi connectivity index (χ1v) is 9.28. The van der Waals surface area contributed by atoms with Crippen molar-refractivity contribution in [3.63, 3.8) is 0 Å². The largest absolute Gasteiger partial charge is 0.467 e. The molecule has 0 aliphatic rings. The Hall–Kier alpha value is -1.79. The molecule has 6 heteroatoms. The van der Waals surface area contributed by atoms with Crippen LogP contribution in [0.5, 0.6) is 0 Å². The fraction of sp³-hybridized carbons (Fsp3) is 0.412. The molecule has 0 fully saturated rings. The van der Waals surface area contributed by atoms with E-state index >= 15 is 0 Å². The molecule has 1 atom stereocenters. The third-order valence-electron chi connectivity index (χ3n) is 3.74. The highest BCUT2D eigenvalue weighted by Gasteiger charge is 2.16. The molecule has 23 heavy (non-hydrogen) atoms. The van der Waals surface area contributed by atoms with Crippen molar-refractivity contribution in [2.75, 3.05) is 11.9 Å². The Morgan fingerprint density at radius 1 is 1.09 bits per heavy atom. The van der Waals surface area contributed by atoms with Gasteiger partial charge >= 0.3 is 0 Å². The average Bonchev–Trinajstić information content (AvgIpc) is 3.04. The second-order valence-corrected chi connectivity index (χ2v) is 8.22. The summed E-state index contributed by atoms with van der Waals surface area (Å²) in [6.07, 6.45) is 1.65. The first kappa shape index (κ1) is 17.6. The van der Waals surface area contributed by atoms with Gasteiger partial charge in [0.2, 0.25) is 10.0 Å². The summed E-state index contributed by atoms with van der Waals surface area (Å²) >= 11 is 0. The topological polar surface area (TPSA) is 71.3 Å². The second-order valence-electron chi connectivity index (χ2n) is 5.90. The van der Waals surface area contributed by atoms with Gasteiger partial charge in [-0.1, -0.05) is 19.1 Å². The number of anilines is 1. The van der Waals surface area contributed by atoms with E-state index in [0.29, 0.717) is 13.1 Å². The van der Waals surface area contributed by atoms with E-state index in [-0.39, 0.29) is 5.92 Å². The Morgan fingerprint density at radius 3 is 2.35 bits per heavy atom. The quantitative estimate of drug-likeness (QED) is 0.776. The molecule has 126 valence electrons. The van der Waals surface area contributed by atoms with Crippen LogP contribution in [0.3, 0.4) is 0 Å². The predicted molar refractivity (Wildman–Crippen MR) is 93.0 cm³/mol. The van der Waals surface area contributed by atoms with Gasteiger partial charge in [-0.05, 0) is 49.6 Å². The third kappa shape index (κ3) is 5.11. The molecule has 5 nitrogen and oxygen atoms in total. The molecule has 0 saturated carbocycles. The van der Waals surface area contributed by atoms with Gasteiger partial charge in [0, 0.05) is 12.2 Å². The number of benzene rings is 1. The van der Waals surface area contributed by atoms with Gasteiger partial charge in [0.15, 0.2) is 0 Å². The number of rotatable bonds is 8. The fourth-order valence-corrected chi connectivity index (χ4v) is 2.87. The zero-order chi connectivity index (χ0) is 16.9. The molecule has 1 unspecified atom stereocenters. The SMILES string of the molecule is CC(CNS(=O)(=O)C(C)C)c1ccc(NCc2ccco2)cc1. The fourth-order valence-electron chi connectivity index (χ4n) is 2.06. The summed E-state index contributed by atoms with van der Waals surface area (Å²) in [6, 6.07) is 11.8. The molecule has 1 heterocycles. The maximum Gasteiger partial charge on any atom is 0.213 e. The molecule has 0 amide bonds. The zero-order valence-electron chi connectivity index (χ0n) is 13.7. The first-order valence-electron chi connectivity index (χ1n) is 7.73. The van der Waals surface area contributed by atoms with Crippen LogP contribution in [0, 0.1) is 0 Å². The van der Waals surface area contributed by atoms with Crippen molar-refractivity contribution in [1.29, 1.82) is 0 Å². The van der Waals surface area contributed by atoms with E-state index in [0.717, 1.165) is 17.0 Å². The minimum absolute atomic E-state index is 0.114. The summed E-state index contributed by atoms with van der Waals surface area (Å²) in [4.78, 5) is 0. The van der Waals surface area contributed by atoms with Gasteiger partial charge in [-0.15, -0.1) is 0 Å². The van der Waals surface area contributed by atoms with E-state index in [4.69, 9.17) is 4.42 Å². The molecule has 0 aliphatic carbocycles. The van der Waals surface area contributed by atoms with E-state index in [2.05, 4.69) is 10.0 Å². The van der Waals surface area contributed by atoms with Crippen molar-refractivity contribution in [1.82, 2.24) is 4.72 Å². The van der Waals surface area contributed by atoms with E-state index in [1.165, 1.54) is 0 Å². The summed E-state index contributed by atoms with van der Waals surface area (Å²) in [6.45, 7) is 6.39. The van der Waals surface area contributed by atoms with Crippen LogP contribution in [0.25, 0.3) is 0 Å². The van der Waals surface area contributed by atoms with Crippen LogP contribution in [0.2, 0.25) is 0 Å². The Morgan fingerprint density at radius 2 is 1.78 bits per heavy atom. The Kier molecular flexibility index (Phi) is 5.85. The maximum absolute atomic E-state index is 11.8. The van der Waals surface area contributed by atoms with Gasteiger partial charge in [-0.2, -0.15) is 0 Å². The van der Waals surface area contributed by atoms with Gasteiger partial charge in [0.25, 0.3) is 0 Å². The molecule has 0 bridgehead atoms. The van der Waals surface area contributed by atoms with Gasteiger partial charge < -0.3 is 9.73 Å². The maximum atomic E-state index is 11.8. The molecule has 1 aromatic carbocycles. The van der Waals surface area contributed by atoms with Crippen molar-refractivity contribution in [2.24, 2.45) is 0 Å². The van der Waals surface area contributed by atoms with Gasteiger partial charge in [-0.25, -0.2) is 13.1 Å². The van der Waals surface area contributed by atoms with Crippen LogP contribution in [0.1, 0.15) is 38.0 Å². The summed E-state index contributed by atoms with van der Waals surface area (Å²) < 4.78 is 31.5. The van der Waals surface area contributed by atoms with Crippen LogP contribution in [-0.4, -0.2) is 20.2 Å². The van der Waals surface area contributed by atoms with Crippen molar-refractivity contribution < 1.29 is 12.8 Å². The molecule has 2 N–H and O–H groups in total. The van der Waals surface area contributed by atoms with Crippen LogP contribution in [0.15, 0.2) is 47.1 Å². The monoisotopic (exact) mass is 336 g/mol. The van der Waals surface area contributed by atoms with Crippen LogP contribution >= 0.6 is 0 Å². The molecule has 2 aromatic rings. The number of hydrogen-bond acceptors (Lipinski definition) is 4. The summed E-state index contributed by atoms with van der Waals surface area (Å²) in [5.41, 5.74) is 2.10. The number of sulfonamides is 1. The number of nitrogens with one attached hydrogen (secondary N) is 2.